The highest BCUT2D eigenvalue weighted by molar-refractivity contribution is 6.32. The van der Waals surface area contributed by atoms with Crippen molar-refractivity contribution in [2.45, 2.75) is 12.1 Å². The normalized spacial score (nSPS) is 22.6. The number of morpholine rings is 2. The highest BCUT2D eigenvalue weighted by Crippen LogP contribution is 2.20. The molecule has 19 heteroatoms. The Bertz CT molecular complexity index is 1180. The van der Waals surface area contributed by atoms with E-state index < -0.39 is 0 Å². The molecule has 0 saturated carbocycles. The summed E-state index contributed by atoms with van der Waals surface area (Å²) >= 11 is 16.4. The van der Waals surface area contributed by atoms with Crippen molar-refractivity contribution in [2.24, 2.45) is 0 Å². The van der Waals surface area contributed by atoms with Gasteiger partial charge in [-0.15, -0.1) is 20.4 Å². The first-order valence-corrected chi connectivity index (χ1v) is 13.0. The molecule has 39 heavy (non-hydrogen) atoms. The molecule has 0 aromatic carbocycles. The second-order valence-corrected chi connectivity index (χ2v) is 9.76. The molecule has 16 nitrogen and oxygen atoms in total. The number of nitrogens with one attached hydrogen (secondary N) is 1. The minimum atomic E-state index is -0.00287. The molecule has 0 spiro atoms. The Morgan fingerprint density at radius 2 is 1.41 bits per heavy atom. The Labute approximate surface area is 238 Å². The molecule has 4 saturated heterocycles. The Morgan fingerprint density at radius 1 is 0.795 bits per heavy atom. The van der Waals surface area contributed by atoms with Gasteiger partial charge >= 0.3 is 0 Å². The zero-order chi connectivity index (χ0) is 27.9. The number of hydrogen-bond acceptors (Lipinski definition) is 14. The van der Waals surface area contributed by atoms with Crippen molar-refractivity contribution < 1.29 is 19.1 Å². The van der Waals surface area contributed by atoms with E-state index in [1.165, 1.54) is 0 Å². The van der Waals surface area contributed by atoms with Crippen molar-refractivity contribution in [1.29, 1.82) is 0 Å². The number of piperazine rings is 2. The van der Waals surface area contributed by atoms with Crippen molar-refractivity contribution in [3.8, 4) is 0 Å². The maximum Gasteiger partial charge on any atom is 0.249 e. The maximum atomic E-state index is 11.7. The number of aromatic nitrogens is 6. The molecule has 2 aromatic heterocycles. The van der Waals surface area contributed by atoms with Gasteiger partial charge in [0.15, 0.2) is 21.9 Å². The van der Waals surface area contributed by atoms with Crippen LogP contribution < -0.4 is 21.7 Å². The molecular weight excluding hydrogens is 579 g/mol. The average Bonchev–Trinajstić information content (AvgIpc) is 2.93. The summed E-state index contributed by atoms with van der Waals surface area (Å²) in [5, 5.41) is 17.8. The number of carbonyl (C=O) groups is 2. The standard InChI is InChI=1S/C10H13ClN6O2.C7H12N2O2.C3H2Cl2N4/c11-8-9(12)13-10(15-14-8)16-1-2-17-6(3-16)4-19-5-7(17)18;10-7-5-11-4-6-3-8-1-2-9(6)7;4-1-2(6)7-3(5)9-8-1/h6H,1-5H2,(H2,12,13,15);6,8H,1-5H2;(H2,6,7,9)/t2*6-;/m11./s1. The second kappa shape index (κ2) is 13.5. The number of nitrogen functional groups attached to an aromatic ring is 2. The lowest BCUT2D eigenvalue weighted by molar-refractivity contribution is -0.149. The Morgan fingerprint density at radius 3 is 2.03 bits per heavy atom. The molecule has 212 valence electrons. The number of carbonyl (C=O) groups excluding carboxylic acids is 2. The third-order valence-corrected chi connectivity index (χ3v) is 6.83. The Hall–Kier alpha value is -2.89. The summed E-state index contributed by atoms with van der Waals surface area (Å²) < 4.78 is 10.4. The van der Waals surface area contributed by atoms with Gasteiger partial charge < -0.3 is 41.0 Å². The third kappa shape index (κ3) is 7.61. The van der Waals surface area contributed by atoms with Crippen LogP contribution in [0.2, 0.25) is 15.6 Å². The van der Waals surface area contributed by atoms with Gasteiger partial charge in [-0.25, -0.2) is 0 Å². The molecule has 0 radical (unpaired) electrons. The van der Waals surface area contributed by atoms with Crippen LogP contribution in [-0.2, 0) is 19.1 Å². The zero-order valence-corrected chi connectivity index (χ0v) is 22.9. The summed E-state index contributed by atoms with van der Waals surface area (Å²) in [4.78, 5) is 36.2. The number of halogens is 3. The van der Waals surface area contributed by atoms with E-state index in [9.17, 15) is 9.59 Å². The SMILES string of the molecule is Nc1nc(Cl)nnc1Cl.Nc1nc(N2CCN3C(=O)COC[C@H]3C2)nnc1Cl.O=C1COC[C@H]2CNCCN12. The predicted molar refractivity (Wildman–Crippen MR) is 141 cm³/mol. The number of ether oxygens (including phenoxy) is 2. The quantitative estimate of drug-likeness (QED) is 0.347. The van der Waals surface area contributed by atoms with Gasteiger partial charge in [-0.3, -0.25) is 9.59 Å². The van der Waals surface area contributed by atoms with Gasteiger partial charge in [0, 0.05) is 39.3 Å². The van der Waals surface area contributed by atoms with Crippen molar-refractivity contribution in [3.63, 3.8) is 0 Å². The molecule has 0 bridgehead atoms. The fraction of sp³-hybridized carbons (Fsp3) is 0.600. The summed E-state index contributed by atoms with van der Waals surface area (Å²) in [6, 6.07) is 0.306. The first-order chi connectivity index (χ1) is 18.7. The molecule has 0 aliphatic carbocycles. The number of nitrogens with two attached hydrogens (primary N) is 2. The third-order valence-electron chi connectivity index (χ3n) is 6.13. The average molecular weight is 606 g/mol. The van der Waals surface area contributed by atoms with Gasteiger partial charge in [0.25, 0.3) is 0 Å². The number of nitrogens with zero attached hydrogens (tertiary/aromatic N) is 9. The number of rotatable bonds is 1. The highest BCUT2D eigenvalue weighted by Gasteiger charge is 2.35. The van der Waals surface area contributed by atoms with Crippen molar-refractivity contribution in [2.75, 3.05) is 82.1 Å². The minimum Gasteiger partial charge on any atom is -0.381 e. The molecule has 5 N–H and O–H groups in total. The lowest BCUT2D eigenvalue weighted by atomic mass is 10.1. The van der Waals surface area contributed by atoms with Crippen LogP contribution in [0, 0.1) is 0 Å². The van der Waals surface area contributed by atoms with Gasteiger partial charge in [0.1, 0.15) is 13.2 Å². The number of hydrogen-bond donors (Lipinski definition) is 3. The van der Waals surface area contributed by atoms with Crippen LogP contribution in [0.5, 0.6) is 0 Å². The molecule has 4 aliphatic heterocycles. The lowest BCUT2D eigenvalue weighted by Gasteiger charge is -2.43. The topological polar surface area (TPSA) is 204 Å². The van der Waals surface area contributed by atoms with Crippen molar-refractivity contribution in [3.05, 3.63) is 15.6 Å². The molecule has 0 unspecified atom stereocenters. The van der Waals surface area contributed by atoms with E-state index in [0.717, 1.165) is 19.6 Å². The summed E-state index contributed by atoms with van der Waals surface area (Å²) in [6.07, 6.45) is 0. The number of anilines is 3. The van der Waals surface area contributed by atoms with E-state index in [1.54, 1.807) is 0 Å². The fourth-order valence-electron chi connectivity index (χ4n) is 4.23. The van der Waals surface area contributed by atoms with Crippen LogP contribution in [0.15, 0.2) is 0 Å². The van der Waals surface area contributed by atoms with Gasteiger partial charge in [-0.2, -0.15) is 9.97 Å². The van der Waals surface area contributed by atoms with E-state index in [-0.39, 0.29) is 64.3 Å². The van der Waals surface area contributed by atoms with Gasteiger partial charge in [0.2, 0.25) is 23.0 Å². The molecule has 6 rings (SSSR count). The van der Waals surface area contributed by atoms with Crippen molar-refractivity contribution >= 4 is 64.2 Å². The van der Waals surface area contributed by atoms with E-state index >= 15 is 0 Å². The first-order valence-electron chi connectivity index (χ1n) is 11.9. The second-order valence-electron chi connectivity index (χ2n) is 8.71. The van der Waals surface area contributed by atoms with Crippen LogP contribution in [0.4, 0.5) is 17.6 Å². The van der Waals surface area contributed by atoms with Crippen LogP contribution in [-0.4, -0.2) is 130 Å². The van der Waals surface area contributed by atoms with Crippen molar-refractivity contribution in [1.82, 2.24) is 45.5 Å². The zero-order valence-electron chi connectivity index (χ0n) is 20.7. The van der Waals surface area contributed by atoms with E-state index in [2.05, 4.69) is 35.7 Å². The Kier molecular flexibility index (Phi) is 10.0. The number of fused-ring (bicyclic) bond motifs is 2. The van der Waals surface area contributed by atoms with Crippen LogP contribution >= 0.6 is 34.8 Å². The predicted octanol–water partition coefficient (Wildman–Crippen LogP) is -1.27. The van der Waals surface area contributed by atoms with Gasteiger partial charge in [-0.05, 0) is 11.6 Å². The summed E-state index contributed by atoms with van der Waals surface area (Å²) in [5.41, 5.74) is 10.8. The number of amides is 2. The molecule has 4 aliphatic rings. The highest BCUT2D eigenvalue weighted by atomic mass is 35.5. The van der Waals surface area contributed by atoms with Crippen LogP contribution in [0.25, 0.3) is 0 Å². The van der Waals surface area contributed by atoms with E-state index in [0.29, 0.717) is 38.8 Å². The molecule has 2 amide bonds. The largest absolute Gasteiger partial charge is 0.381 e. The Balaban J connectivity index is 0.000000149. The minimum absolute atomic E-state index is 0.00287. The molecule has 4 fully saturated rings. The monoisotopic (exact) mass is 604 g/mol. The lowest BCUT2D eigenvalue weighted by Crippen LogP contribution is -2.60. The molecule has 2 atom stereocenters. The molecular formula is C20H27Cl3N12O4. The van der Waals surface area contributed by atoms with Gasteiger partial charge in [0.05, 0.1) is 25.3 Å². The first kappa shape index (κ1) is 29.1. The molecule has 6 heterocycles. The van der Waals surface area contributed by atoms with E-state index in [4.69, 9.17) is 55.7 Å². The summed E-state index contributed by atoms with van der Waals surface area (Å²) in [5.74, 6) is 0.856. The molecule has 2 aromatic rings. The van der Waals surface area contributed by atoms with Crippen LogP contribution in [0.3, 0.4) is 0 Å². The summed E-state index contributed by atoms with van der Waals surface area (Å²) in [7, 11) is 0. The fourth-order valence-corrected chi connectivity index (χ4v) is 4.52. The maximum absolute atomic E-state index is 11.7. The van der Waals surface area contributed by atoms with Gasteiger partial charge in [-0.1, -0.05) is 23.2 Å². The summed E-state index contributed by atoms with van der Waals surface area (Å²) in [6.45, 7) is 6.18. The smallest absolute Gasteiger partial charge is 0.249 e. The van der Waals surface area contributed by atoms with E-state index in [1.807, 2.05) is 14.7 Å². The van der Waals surface area contributed by atoms with Crippen LogP contribution in [0.1, 0.15) is 0 Å².